The monoisotopic (exact) mass is 411 g/mol. The SMILES string of the molecule is COc1ccc2c3c(n(C)c2c1)[C@H](CO)NCC31CN(Cc2ccc(Cl)cc2)C1. The molecule has 5 nitrogen and oxygen atoms in total. The summed E-state index contributed by atoms with van der Waals surface area (Å²) in [4.78, 5) is 2.48. The van der Waals surface area contributed by atoms with Gasteiger partial charge in [0.15, 0.2) is 0 Å². The summed E-state index contributed by atoms with van der Waals surface area (Å²) >= 11 is 6.02. The van der Waals surface area contributed by atoms with E-state index in [1.807, 2.05) is 18.2 Å². The molecule has 152 valence electrons. The molecule has 1 saturated heterocycles. The van der Waals surface area contributed by atoms with Crippen LogP contribution in [0.1, 0.15) is 22.9 Å². The molecule has 0 radical (unpaired) electrons. The molecule has 2 aromatic carbocycles. The zero-order chi connectivity index (χ0) is 20.2. The fourth-order valence-electron chi connectivity index (χ4n) is 5.22. The summed E-state index contributed by atoms with van der Waals surface area (Å²) in [5.74, 6) is 0.857. The standard InChI is InChI=1S/C23H26ClN3O2/c1-26-20-9-17(29-2)7-8-18(20)21-22(26)19(11-28)25-12-23(21)13-27(14-23)10-15-3-5-16(24)6-4-15/h3-9,19,25,28H,10-14H2,1-2H3/t19-/m0/s1. The van der Waals surface area contributed by atoms with E-state index in [-0.39, 0.29) is 18.1 Å². The Labute approximate surface area is 175 Å². The molecule has 3 heterocycles. The molecule has 0 unspecified atom stereocenters. The van der Waals surface area contributed by atoms with Crippen LogP contribution in [0.3, 0.4) is 0 Å². The van der Waals surface area contributed by atoms with E-state index in [4.69, 9.17) is 16.3 Å². The highest BCUT2D eigenvalue weighted by molar-refractivity contribution is 6.30. The summed E-state index contributed by atoms with van der Waals surface area (Å²) in [5.41, 5.74) is 5.11. The van der Waals surface area contributed by atoms with Crippen molar-refractivity contribution in [2.45, 2.75) is 18.0 Å². The first-order chi connectivity index (χ1) is 14.0. The smallest absolute Gasteiger partial charge is 0.120 e. The van der Waals surface area contributed by atoms with Crippen molar-refractivity contribution in [3.63, 3.8) is 0 Å². The van der Waals surface area contributed by atoms with Gasteiger partial charge >= 0.3 is 0 Å². The number of aliphatic hydroxyl groups is 1. The van der Waals surface area contributed by atoms with E-state index in [1.165, 1.54) is 22.2 Å². The molecule has 0 aliphatic carbocycles. The van der Waals surface area contributed by atoms with Crippen LogP contribution in [0, 0.1) is 0 Å². The third-order valence-electron chi connectivity index (χ3n) is 6.55. The molecular weight excluding hydrogens is 386 g/mol. The number of hydrogen-bond acceptors (Lipinski definition) is 4. The Bertz CT molecular complexity index is 1050. The molecule has 0 amide bonds. The third-order valence-corrected chi connectivity index (χ3v) is 6.81. The summed E-state index contributed by atoms with van der Waals surface area (Å²) in [6.45, 7) is 3.90. The van der Waals surface area contributed by atoms with E-state index < -0.39 is 0 Å². The number of rotatable bonds is 4. The van der Waals surface area contributed by atoms with Crippen LogP contribution in [0.5, 0.6) is 5.75 Å². The van der Waals surface area contributed by atoms with Gasteiger partial charge in [0, 0.05) is 60.8 Å². The second-order valence-electron chi connectivity index (χ2n) is 8.37. The maximum atomic E-state index is 10.00. The van der Waals surface area contributed by atoms with Crippen LogP contribution in [0.4, 0.5) is 0 Å². The van der Waals surface area contributed by atoms with Crippen LogP contribution in [0.25, 0.3) is 10.9 Å². The fraction of sp³-hybridized carbons (Fsp3) is 0.391. The molecule has 1 fully saturated rings. The van der Waals surface area contributed by atoms with Crippen LogP contribution in [-0.2, 0) is 19.0 Å². The van der Waals surface area contributed by atoms with Gasteiger partial charge in [0.1, 0.15) is 5.75 Å². The van der Waals surface area contributed by atoms with E-state index in [1.54, 1.807) is 7.11 Å². The summed E-state index contributed by atoms with van der Waals surface area (Å²) < 4.78 is 7.68. The second kappa shape index (κ2) is 7.03. The van der Waals surface area contributed by atoms with Crippen LogP contribution >= 0.6 is 11.6 Å². The van der Waals surface area contributed by atoms with Crippen molar-refractivity contribution in [3.05, 3.63) is 64.3 Å². The molecule has 2 N–H and O–H groups in total. The lowest BCUT2D eigenvalue weighted by Crippen LogP contribution is -2.65. The molecular formula is C23H26ClN3O2. The molecule has 0 saturated carbocycles. The Kier molecular flexibility index (Phi) is 4.59. The number of ether oxygens (including phenoxy) is 1. The summed E-state index contributed by atoms with van der Waals surface area (Å²) in [7, 11) is 3.79. The van der Waals surface area contributed by atoms with Crippen molar-refractivity contribution in [1.29, 1.82) is 0 Å². The van der Waals surface area contributed by atoms with E-state index in [0.29, 0.717) is 0 Å². The highest BCUT2D eigenvalue weighted by Gasteiger charge is 2.50. The van der Waals surface area contributed by atoms with Gasteiger partial charge in [0.2, 0.25) is 0 Å². The average molecular weight is 412 g/mol. The molecule has 3 aromatic rings. The van der Waals surface area contributed by atoms with Crippen molar-refractivity contribution in [1.82, 2.24) is 14.8 Å². The van der Waals surface area contributed by atoms with E-state index in [9.17, 15) is 5.11 Å². The van der Waals surface area contributed by atoms with Crippen LogP contribution in [0.15, 0.2) is 42.5 Å². The van der Waals surface area contributed by atoms with Crippen LogP contribution < -0.4 is 10.1 Å². The van der Waals surface area contributed by atoms with Gasteiger partial charge in [-0.3, -0.25) is 4.90 Å². The number of aromatic nitrogens is 1. The maximum Gasteiger partial charge on any atom is 0.120 e. The predicted molar refractivity (Wildman–Crippen MR) is 116 cm³/mol. The largest absolute Gasteiger partial charge is 0.497 e. The maximum absolute atomic E-state index is 10.00. The molecule has 6 heteroatoms. The number of methoxy groups -OCH3 is 1. The van der Waals surface area contributed by atoms with Gasteiger partial charge in [-0.25, -0.2) is 0 Å². The average Bonchev–Trinajstić information content (AvgIpc) is 3.01. The van der Waals surface area contributed by atoms with E-state index in [0.717, 1.165) is 42.5 Å². The van der Waals surface area contributed by atoms with Crippen molar-refractivity contribution in [3.8, 4) is 5.75 Å². The molecule has 2 aliphatic rings. The first kappa shape index (κ1) is 18.9. The Morgan fingerprint density at radius 2 is 1.97 bits per heavy atom. The Morgan fingerprint density at radius 3 is 2.66 bits per heavy atom. The van der Waals surface area contributed by atoms with Gasteiger partial charge in [-0.1, -0.05) is 23.7 Å². The van der Waals surface area contributed by atoms with Gasteiger partial charge in [-0.15, -0.1) is 0 Å². The van der Waals surface area contributed by atoms with Gasteiger partial charge in [0.25, 0.3) is 0 Å². The predicted octanol–water partition coefficient (Wildman–Crippen LogP) is 3.23. The molecule has 0 bridgehead atoms. The van der Waals surface area contributed by atoms with Crippen molar-refractivity contribution in [2.24, 2.45) is 7.05 Å². The molecule has 29 heavy (non-hydrogen) atoms. The number of halogens is 1. The quantitative estimate of drug-likeness (QED) is 0.692. The second-order valence-corrected chi connectivity index (χ2v) is 8.81. The first-order valence-electron chi connectivity index (χ1n) is 10.0. The van der Waals surface area contributed by atoms with Crippen molar-refractivity contribution in [2.75, 3.05) is 33.4 Å². The van der Waals surface area contributed by atoms with E-state index >= 15 is 0 Å². The number of hydrogen-bond donors (Lipinski definition) is 2. The van der Waals surface area contributed by atoms with Crippen molar-refractivity contribution >= 4 is 22.5 Å². The molecule has 1 spiro atoms. The molecule has 5 rings (SSSR count). The number of likely N-dealkylation sites (tertiary alicyclic amines) is 1. The van der Waals surface area contributed by atoms with Gasteiger partial charge in [-0.2, -0.15) is 0 Å². The minimum Gasteiger partial charge on any atom is -0.497 e. The van der Waals surface area contributed by atoms with Gasteiger partial charge in [-0.05, 0) is 35.4 Å². The Balaban J connectivity index is 1.51. The lowest BCUT2D eigenvalue weighted by molar-refractivity contribution is 0.0443. The third kappa shape index (κ3) is 2.96. The molecule has 2 aliphatic heterocycles. The topological polar surface area (TPSA) is 49.7 Å². The normalized spacial score (nSPS) is 20.6. The van der Waals surface area contributed by atoms with Gasteiger partial charge in [0.05, 0.1) is 25.3 Å². The fourth-order valence-corrected chi connectivity index (χ4v) is 5.35. The highest BCUT2D eigenvalue weighted by atomic mass is 35.5. The number of aryl methyl sites for hydroxylation is 1. The summed E-state index contributed by atoms with van der Waals surface area (Å²) in [6, 6.07) is 14.4. The van der Waals surface area contributed by atoms with Crippen molar-refractivity contribution < 1.29 is 9.84 Å². The Hall–Kier alpha value is -2.05. The highest BCUT2D eigenvalue weighted by Crippen LogP contribution is 2.46. The van der Waals surface area contributed by atoms with Crippen LogP contribution in [0.2, 0.25) is 5.02 Å². The Morgan fingerprint density at radius 1 is 1.21 bits per heavy atom. The minimum absolute atomic E-state index is 0.0377. The lowest BCUT2D eigenvalue weighted by atomic mass is 9.69. The lowest BCUT2D eigenvalue weighted by Gasteiger charge is -2.54. The van der Waals surface area contributed by atoms with E-state index in [2.05, 4.69) is 46.1 Å². The first-order valence-corrected chi connectivity index (χ1v) is 10.4. The molecule has 1 atom stereocenters. The number of fused-ring (bicyclic) bond motifs is 4. The number of nitrogens with one attached hydrogen (secondary N) is 1. The minimum atomic E-state index is -0.0377. The summed E-state index contributed by atoms with van der Waals surface area (Å²) in [5, 5.41) is 15.6. The number of aliphatic hydroxyl groups excluding tert-OH is 1. The molecule has 1 aromatic heterocycles. The number of benzene rings is 2. The number of nitrogens with zero attached hydrogens (tertiary/aromatic N) is 2. The zero-order valence-electron chi connectivity index (χ0n) is 16.8. The zero-order valence-corrected chi connectivity index (χ0v) is 17.5. The van der Waals surface area contributed by atoms with Gasteiger partial charge < -0.3 is 19.7 Å². The van der Waals surface area contributed by atoms with Crippen LogP contribution in [-0.4, -0.2) is 47.9 Å². The summed E-state index contributed by atoms with van der Waals surface area (Å²) in [6.07, 6.45) is 0.